The van der Waals surface area contributed by atoms with Crippen molar-refractivity contribution in [3.8, 4) is 23.3 Å². The Bertz CT molecular complexity index is 1120. The van der Waals surface area contributed by atoms with Crippen molar-refractivity contribution >= 4 is 29.2 Å². The molecule has 6 heteroatoms. The van der Waals surface area contributed by atoms with Gasteiger partial charge in [0.25, 0.3) is 0 Å². The number of allylic oxidation sites excluding steroid dienone is 1. The highest BCUT2D eigenvalue weighted by molar-refractivity contribution is 6.30. The number of hydrogen-bond donors (Lipinski definition) is 0. The van der Waals surface area contributed by atoms with Gasteiger partial charge in [-0.3, -0.25) is 4.79 Å². The second kappa shape index (κ2) is 11.6. The Hall–Kier alpha value is -3.75. The third-order valence-electron chi connectivity index (χ3n) is 4.53. The summed E-state index contributed by atoms with van der Waals surface area (Å²) in [6.07, 6.45) is 2.54. The van der Waals surface area contributed by atoms with E-state index in [0.717, 1.165) is 22.6 Å². The number of carbonyl (C=O) groups is 1. The van der Waals surface area contributed by atoms with Crippen LogP contribution in [0.2, 0.25) is 5.02 Å². The van der Waals surface area contributed by atoms with Crippen molar-refractivity contribution in [1.82, 2.24) is 0 Å². The molecule has 0 amide bonds. The predicted molar refractivity (Wildman–Crippen MR) is 125 cm³/mol. The number of carbonyl (C=O) groups excluding carboxylic acids is 1. The van der Waals surface area contributed by atoms with E-state index in [1.54, 1.807) is 55.7 Å². The standard InChI is InChI=1S/C26H22ClNO4/c1-30-23-11-13-24(14-12-23)31-15-3-6-26(29)32-25-9-7-19(8-10-25)16-21(18-28)20-4-2-5-22(27)17-20/h2,4-5,7-14,16-17H,3,6,15H2,1H3/b21-16-. The Morgan fingerprint density at radius 3 is 2.34 bits per heavy atom. The molecule has 0 fully saturated rings. The third kappa shape index (κ3) is 6.90. The van der Waals surface area contributed by atoms with Crippen LogP contribution in [0.4, 0.5) is 0 Å². The Labute approximate surface area is 192 Å². The largest absolute Gasteiger partial charge is 0.497 e. The summed E-state index contributed by atoms with van der Waals surface area (Å²) in [7, 11) is 1.61. The molecule has 0 bridgehead atoms. The monoisotopic (exact) mass is 447 g/mol. The number of halogens is 1. The van der Waals surface area contributed by atoms with Crippen molar-refractivity contribution in [1.29, 1.82) is 5.26 Å². The smallest absolute Gasteiger partial charge is 0.311 e. The molecule has 5 nitrogen and oxygen atoms in total. The van der Waals surface area contributed by atoms with E-state index in [1.807, 2.05) is 30.3 Å². The van der Waals surface area contributed by atoms with Gasteiger partial charge in [-0.05, 0) is 72.2 Å². The maximum atomic E-state index is 12.1. The van der Waals surface area contributed by atoms with E-state index in [1.165, 1.54) is 0 Å². The molecule has 0 saturated heterocycles. The minimum Gasteiger partial charge on any atom is -0.497 e. The van der Waals surface area contributed by atoms with Crippen molar-refractivity contribution in [2.45, 2.75) is 12.8 Å². The molecule has 3 aromatic rings. The first kappa shape index (κ1) is 22.9. The second-order valence-electron chi connectivity index (χ2n) is 6.85. The van der Waals surface area contributed by atoms with E-state index in [-0.39, 0.29) is 12.4 Å². The Kier molecular flexibility index (Phi) is 8.30. The van der Waals surface area contributed by atoms with Gasteiger partial charge in [0, 0.05) is 11.4 Å². The molecule has 0 aliphatic carbocycles. The number of hydrogen-bond acceptors (Lipinski definition) is 5. The zero-order chi connectivity index (χ0) is 22.8. The summed E-state index contributed by atoms with van der Waals surface area (Å²) in [6, 6.07) is 23.6. The summed E-state index contributed by atoms with van der Waals surface area (Å²) in [5.74, 6) is 1.60. The summed E-state index contributed by atoms with van der Waals surface area (Å²) >= 11 is 6.01. The lowest BCUT2D eigenvalue weighted by Crippen LogP contribution is -2.09. The molecule has 0 aromatic heterocycles. The van der Waals surface area contributed by atoms with Crippen molar-refractivity contribution in [2.75, 3.05) is 13.7 Å². The van der Waals surface area contributed by atoms with E-state index in [4.69, 9.17) is 25.8 Å². The first-order valence-electron chi connectivity index (χ1n) is 10.0. The van der Waals surface area contributed by atoms with Crippen LogP contribution < -0.4 is 14.2 Å². The van der Waals surface area contributed by atoms with E-state index in [9.17, 15) is 10.1 Å². The molecule has 0 aliphatic heterocycles. The fourth-order valence-electron chi connectivity index (χ4n) is 2.90. The fourth-order valence-corrected chi connectivity index (χ4v) is 3.09. The van der Waals surface area contributed by atoms with Gasteiger partial charge in [0.05, 0.1) is 25.4 Å². The van der Waals surface area contributed by atoms with Gasteiger partial charge in [-0.25, -0.2) is 0 Å². The van der Waals surface area contributed by atoms with Crippen molar-refractivity contribution in [2.24, 2.45) is 0 Å². The van der Waals surface area contributed by atoms with Crippen LogP contribution in [0.3, 0.4) is 0 Å². The number of rotatable bonds is 9. The van der Waals surface area contributed by atoms with Crippen molar-refractivity contribution in [3.05, 3.63) is 88.9 Å². The molecule has 0 aliphatic rings. The topological polar surface area (TPSA) is 68.6 Å². The molecule has 0 radical (unpaired) electrons. The summed E-state index contributed by atoms with van der Waals surface area (Å²) < 4.78 is 16.1. The van der Waals surface area contributed by atoms with E-state index in [0.29, 0.717) is 29.4 Å². The second-order valence-corrected chi connectivity index (χ2v) is 7.29. The van der Waals surface area contributed by atoms with Gasteiger partial charge in [0.15, 0.2) is 0 Å². The van der Waals surface area contributed by atoms with Gasteiger partial charge in [-0.1, -0.05) is 35.9 Å². The van der Waals surface area contributed by atoms with Crippen LogP contribution in [0.1, 0.15) is 24.0 Å². The molecular weight excluding hydrogens is 426 g/mol. The normalized spacial score (nSPS) is 10.8. The number of esters is 1. The molecule has 32 heavy (non-hydrogen) atoms. The van der Waals surface area contributed by atoms with Gasteiger partial charge < -0.3 is 14.2 Å². The summed E-state index contributed by atoms with van der Waals surface area (Å²) in [5, 5.41) is 10.0. The maximum absolute atomic E-state index is 12.1. The molecule has 0 N–H and O–H groups in total. The predicted octanol–water partition coefficient (Wildman–Crippen LogP) is 6.18. The van der Waals surface area contributed by atoms with E-state index < -0.39 is 0 Å². The Morgan fingerprint density at radius 1 is 1.00 bits per heavy atom. The first-order valence-corrected chi connectivity index (χ1v) is 10.4. The number of nitriles is 1. The average molecular weight is 448 g/mol. The highest BCUT2D eigenvalue weighted by Gasteiger charge is 2.06. The lowest BCUT2D eigenvalue weighted by atomic mass is 10.0. The zero-order valence-corrected chi connectivity index (χ0v) is 18.3. The summed E-state index contributed by atoms with van der Waals surface area (Å²) in [4.78, 5) is 12.1. The molecular formula is C26H22ClNO4. The average Bonchev–Trinajstić information content (AvgIpc) is 2.81. The highest BCUT2D eigenvalue weighted by atomic mass is 35.5. The van der Waals surface area contributed by atoms with Crippen LogP contribution in [0, 0.1) is 11.3 Å². The Morgan fingerprint density at radius 2 is 1.69 bits per heavy atom. The third-order valence-corrected chi connectivity index (χ3v) is 4.77. The van der Waals surface area contributed by atoms with Crippen molar-refractivity contribution < 1.29 is 19.0 Å². The fraction of sp³-hybridized carbons (Fsp3) is 0.154. The van der Waals surface area contributed by atoms with Gasteiger partial charge in [0.2, 0.25) is 0 Å². The molecule has 0 saturated carbocycles. The van der Waals surface area contributed by atoms with E-state index in [2.05, 4.69) is 6.07 Å². The molecule has 162 valence electrons. The number of nitrogens with zero attached hydrogens (tertiary/aromatic N) is 1. The minimum absolute atomic E-state index is 0.241. The summed E-state index contributed by atoms with van der Waals surface area (Å²) in [5.41, 5.74) is 2.05. The van der Waals surface area contributed by atoms with E-state index >= 15 is 0 Å². The Balaban J connectivity index is 1.48. The number of benzene rings is 3. The lowest BCUT2D eigenvalue weighted by molar-refractivity contribution is -0.134. The van der Waals surface area contributed by atoms with Crippen LogP contribution >= 0.6 is 11.6 Å². The number of methoxy groups -OCH3 is 1. The van der Waals surface area contributed by atoms with Gasteiger partial charge in [-0.2, -0.15) is 5.26 Å². The molecule has 3 aromatic carbocycles. The van der Waals surface area contributed by atoms with Crippen LogP contribution in [-0.2, 0) is 4.79 Å². The van der Waals surface area contributed by atoms with Crippen LogP contribution in [-0.4, -0.2) is 19.7 Å². The maximum Gasteiger partial charge on any atom is 0.311 e. The quantitative estimate of drug-likeness (QED) is 0.129. The molecule has 0 spiro atoms. The van der Waals surface area contributed by atoms with Crippen molar-refractivity contribution in [3.63, 3.8) is 0 Å². The molecule has 0 atom stereocenters. The van der Waals surface area contributed by atoms with Gasteiger partial charge in [-0.15, -0.1) is 0 Å². The van der Waals surface area contributed by atoms with Crippen LogP contribution in [0.25, 0.3) is 11.6 Å². The van der Waals surface area contributed by atoms with Crippen LogP contribution in [0.15, 0.2) is 72.8 Å². The summed E-state index contributed by atoms with van der Waals surface area (Å²) in [6.45, 7) is 0.408. The molecule has 0 unspecified atom stereocenters. The number of ether oxygens (including phenoxy) is 3. The van der Waals surface area contributed by atoms with Gasteiger partial charge in [0.1, 0.15) is 17.2 Å². The zero-order valence-electron chi connectivity index (χ0n) is 17.6. The highest BCUT2D eigenvalue weighted by Crippen LogP contribution is 2.22. The molecule has 0 heterocycles. The van der Waals surface area contributed by atoms with Gasteiger partial charge >= 0.3 is 5.97 Å². The molecule has 3 rings (SSSR count). The lowest BCUT2D eigenvalue weighted by Gasteiger charge is -2.07. The SMILES string of the molecule is COc1ccc(OCCCC(=O)Oc2ccc(/C=C(/C#N)c3cccc(Cl)c3)cc2)cc1. The minimum atomic E-state index is -0.330. The van der Waals surface area contributed by atoms with Crippen LogP contribution in [0.5, 0.6) is 17.2 Å². The first-order chi connectivity index (χ1) is 15.6.